The molecular formula is C35H32N2O6S. The van der Waals surface area contributed by atoms with Gasteiger partial charge < -0.3 is 19.7 Å². The topological polar surface area (TPSA) is 102 Å². The van der Waals surface area contributed by atoms with Gasteiger partial charge in [-0.05, 0) is 47.9 Å². The number of likely N-dealkylation sites (tertiary alicyclic amines) is 1. The van der Waals surface area contributed by atoms with Crippen LogP contribution >= 0.6 is 11.8 Å². The minimum atomic E-state index is -1.11. The molecule has 0 spiro atoms. The first-order valence-corrected chi connectivity index (χ1v) is 15.2. The predicted octanol–water partition coefficient (Wildman–Crippen LogP) is 5.34. The minimum absolute atomic E-state index is 0.0237. The standard InChI is InChI=1S/C35H32N2O6S/c1-24(38)23-44-34-30(36-32(39)28-15-9-4-10-16-28)33(40)37(34)31(35(41)43-22-26-13-7-3-8-14-26)27-17-19-29(20-18-27)42-21-25-11-5-2-6-12-25/h2-20,30-31,34H,21-23H2,1H3,(H,36,39). The van der Waals surface area contributed by atoms with E-state index in [4.69, 9.17) is 9.47 Å². The molecule has 1 aliphatic rings. The van der Waals surface area contributed by atoms with Crippen molar-refractivity contribution in [3.63, 3.8) is 0 Å². The maximum absolute atomic E-state index is 13.7. The van der Waals surface area contributed by atoms with Crippen molar-refractivity contribution in [1.29, 1.82) is 0 Å². The Labute approximate surface area is 260 Å². The fourth-order valence-corrected chi connectivity index (χ4v) is 5.96. The van der Waals surface area contributed by atoms with E-state index in [1.54, 1.807) is 54.6 Å². The Kier molecular flexibility index (Phi) is 10.1. The van der Waals surface area contributed by atoms with E-state index in [0.29, 0.717) is 23.5 Å². The Morgan fingerprint density at radius 3 is 1.95 bits per heavy atom. The highest BCUT2D eigenvalue weighted by Crippen LogP contribution is 2.39. The molecule has 1 saturated heterocycles. The van der Waals surface area contributed by atoms with E-state index < -0.39 is 35.2 Å². The van der Waals surface area contributed by atoms with E-state index in [0.717, 1.165) is 11.1 Å². The van der Waals surface area contributed by atoms with Crippen LogP contribution in [0.2, 0.25) is 0 Å². The molecule has 0 bridgehead atoms. The van der Waals surface area contributed by atoms with Gasteiger partial charge in [0.15, 0.2) is 6.04 Å². The number of thioether (sulfide) groups is 1. The van der Waals surface area contributed by atoms with Crippen molar-refractivity contribution in [2.45, 2.75) is 37.6 Å². The van der Waals surface area contributed by atoms with E-state index in [-0.39, 0.29) is 18.1 Å². The zero-order valence-corrected chi connectivity index (χ0v) is 24.9. The Morgan fingerprint density at radius 2 is 1.36 bits per heavy atom. The van der Waals surface area contributed by atoms with Crippen LogP contribution < -0.4 is 10.1 Å². The Bertz CT molecular complexity index is 1580. The first-order valence-electron chi connectivity index (χ1n) is 14.2. The zero-order chi connectivity index (χ0) is 30.9. The van der Waals surface area contributed by atoms with Gasteiger partial charge >= 0.3 is 5.97 Å². The average molecular weight is 609 g/mol. The summed E-state index contributed by atoms with van der Waals surface area (Å²) in [6, 6.07) is 32.5. The zero-order valence-electron chi connectivity index (χ0n) is 24.1. The number of nitrogens with zero attached hydrogens (tertiary/aromatic N) is 1. The molecule has 3 atom stereocenters. The Balaban J connectivity index is 1.39. The number of amides is 2. The van der Waals surface area contributed by atoms with Crippen LogP contribution in [0.15, 0.2) is 115 Å². The largest absolute Gasteiger partial charge is 0.489 e. The van der Waals surface area contributed by atoms with Gasteiger partial charge in [0.1, 0.15) is 36.2 Å². The number of nitrogens with one attached hydrogen (secondary N) is 1. The molecule has 0 saturated carbocycles. The quantitative estimate of drug-likeness (QED) is 0.162. The molecule has 1 fully saturated rings. The first kappa shape index (κ1) is 30.6. The highest BCUT2D eigenvalue weighted by Gasteiger charge is 2.54. The van der Waals surface area contributed by atoms with Gasteiger partial charge in [0.2, 0.25) is 5.91 Å². The monoisotopic (exact) mass is 608 g/mol. The summed E-state index contributed by atoms with van der Waals surface area (Å²) in [5.74, 6) is -0.877. The van der Waals surface area contributed by atoms with Crippen molar-refractivity contribution in [2.24, 2.45) is 0 Å². The Hall–Kier alpha value is -4.89. The van der Waals surface area contributed by atoms with Crippen LogP contribution in [0.3, 0.4) is 0 Å². The van der Waals surface area contributed by atoms with Gasteiger partial charge in [-0.3, -0.25) is 14.4 Å². The van der Waals surface area contributed by atoms with E-state index in [1.165, 1.54) is 23.6 Å². The molecule has 1 aliphatic heterocycles. The van der Waals surface area contributed by atoms with Crippen LogP contribution in [0.5, 0.6) is 5.75 Å². The van der Waals surface area contributed by atoms with E-state index in [1.807, 2.05) is 60.7 Å². The fraction of sp³-hybridized carbons (Fsp3) is 0.200. The van der Waals surface area contributed by atoms with Crippen LogP contribution in [0.1, 0.15) is 40.0 Å². The molecule has 8 nitrogen and oxygen atoms in total. The predicted molar refractivity (Wildman–Crippen MR) is 168 cm³/mol. The summed E-state index contributed by atoms with van der Waals surface area (Å²) < 4.78 is 11.6. The summed E-state index contributed by atoms with van der Waals surface area (Å²) in [5, 5.41) is 2.12. The summed E-state index contributed by atoms with van der Waals surface area (Å²) in [7, 11) is 0. The van der Waals surface area contributed by atoms with Crippen molar-refractivity contribution in [3.05, 3.63) is 138 Å². The van der Waals surface area contributed by atoms with E-state index in [9.17, 15) is 19.2 Å². The number of ether oxygens (including phenoxy) is 2. The lowest BCUT2D eigenvalue weighted by Crippen LogP contribution is -2.70. The summed E-state index contributed by atoms with van der Waals surface area (Å²) in [6.45, 7) is 1.85. The summed E-state index contributed by atoms with van der Waals surface area (Å²) in [6.07, 6.45) is 0. The summed E-state index contributed by atoms with van der Waals surface area (Å²) >= 11 is 1.20. The number of hydrogen-bond acceptors (Lipinski definition) is 7. The highest BCUT2D eigenvalue weighted by molar-refractivity contribution is 8.00. The van der Waals surface area contributed by atoms with Crippen LogP contribution in [-0.2, 0) is 32.3 Å². The third kappa shape index (κ3) is 7.54. The lowest BCUT2D eigenvalue weighted by atomic mass is 9.97. The van der Waals surface area contributed by atoms with Crippen LogP contribution in [-0.4, -0.2) is 45.6 Å². The molecule has 3 unspecified atom stereocenters. The van der Waals surface area contributed by atoms with Gasteiger partial charge in [-0.2, -0.15) is 0 Å². The van der Waals surface area contributed by atoms with Gasteiger partial charge in [0, 0.05) is 5.56 Å². The molecule has 5 rings (SSSR count). The molecule has 224 valence electrons. The van der Waals surface area contributed by atoms with Crippen molar-refractivity contribution >= 4 is 35.3 Å². The van der Waals surface area contributed by atoms with Crippen molar-refractivity contribution < 1.29 is 28.7 Å². The second-order valence-corrected chi connectivity index (χ2v) is 11.4. The molecule has 1 N–H and O–H groups in total. The van der Waals surface area contributed by atoms with Gasteiger partial charge in [0.05, 0.1) is 5.75 Å². The minimum Gasteiger partial charge on any atom is -0.489 e. The summed E-state index contributed by atoms with van der Waals surface area (Å²) in [5.41, 5.74) is 2.73. The number of esters is 1. The molecule has 0 radical (unpaired) electrons. The normalized spacial score (nSPS) is 16.4. The third-order valence-electron chi connectivity index (χ3n) is 7.03. The molecule has 1 heterocycles. The van der Waals surface area contributed by atoms with Gasteiger partial charge in [-0.15, -0.1) is 11.8 Å². The maximum atomic E-state index is 13.7. The van der Waals surface area contributed by atoms with Gasteiger partial charge in [-0.25, -0.2) is 4.79 Å². The lowest BCUT2D eigenvalue weighted by molar-refractivity contribution is -0.165. The number of benzene rings is 4. The Morgan fingerprint density at radius 1 is 0.795 bits per heavy atom. The van der Waals surface area contributed by atoms with Crippen molar-refractivity contribution in [3.8, 4) is 5.75 Å². The SMILES string of the molecule is CC(=O)CSC1C(NC(=O)c2ccccc2)C(=O)N1C(C(=O)OCc1ccccc1)c1ccc(OCc2ccccc2)cc1. The number of ketones is 1. The van der Waals surface area contributed by atoms with Crippen LogP contribution in [0, 0.1) is 0 Å². The highest BCUT2D eigenvalue weighted by atomic mass is 32.2. The van der Waals surface area contributed by atoms with Gasteiger partial charge in [0.25, 0.3) is 5.91 Å². The second kappa shape index (κ2) is 14.5. The van der Waals surface area contributed by atoms with Crippen LogP contribution in [0.25, 0.3) is 0 Å². The number of hydrogen-bond donors (Lipinski definition) is 1. The van der Waals surface area contributed by atoms with Crippen molar-refractivity contribution in [2.75, 3.05) is 5.75 Å². The van der Waals surface area contributed by atoms with Crippen LogP contribution in [0.4, 0.5) is 0 Å². The molecular weight excluding hydrogens is 576 g/mol. The summed E-state index contributed by atoms with van der Waals surface area (Å²) in [4.78, 5) is 53.7. The van der Waals surface area contributed by atoms with Gasteiger partial charge in [-0.1, -0.05) is 91.0 Å². The average Bonchev–Trinajstić information content (AvgIpc) is 3.06. The lowest BCUT2D eigenvalue weighted by Gasteiger charge is -2.49. The molecule has 2 amide bonds. The first-order chi connectivity index (χ1) is 21.4. The molecule has 4 aromatic rings. The second-order valence-electron chi connectivity index (χ2n) is 10.3. The van der Waals surface area contributed by atoms with Crippen molar-refractivity contribution in [1.82, 2.24) is 10.2 Å². The molecule has 44 heavy (non-hydrogen) atoms. The number of β-lactam (4-membered cyclic amide) rings is 1. The third-order valence-corrected chi connectivity index (χ3v) is 8.44. The smallest absolute Gasteiger partial charge is 0.333 e. The number of carbonyl (C=O) groups is 4. The fourth-order valence-electron chi connectivity index (χ4n) is 4.79. The molecule has 9 heteroatoms. The number of rotatable bonds is 13. The molecule has 4 aromatic carbocycles. The maximum Gasteiger partial charge on any atom is 0.333 e. The van der Waals surface area contributed by atoms with E-state index in [2.05, 4.69) is 5.32 Å². The van der Waals surface area contributed by atoms with E-state index >= 15 is 0 Å². The number of Topliss-reactive ketones (excluding diaryl/α,β-unsaturated/α-hetero) is 1. The molecule has 0 aromatic heterocycles. The molecule has 0 aliphatic carbocycles. The number of carbonyl (C=O) groups excluding carboxylic acids is 4.